The number of rotatable bonds is 13. The Labute approximate surface area is 430 Å². The first-order chi connectivity index (χ1) is 35.8. The number of hydrogen-bond donors (Lipinski definition) is 2. The standard InChI is InChI=1S/C57H62N4O13/c1-35(2)45(53(66)72-5)58-56(69)60-42-29-28-36(20-19-26-40(51(64)70-3)52(65)71-4)34-41(42)57(55(60)68)44(50(63)59-30-17-7-6-8-18-31-59)47-54(67)74-48(38-23-13-10-14-24-38)46(37-21-11-9-12-22-37)61(47)49(57)39-25-15-16-27-43(39)73-33-32-62/h9-16,21-25,27-29,34-35,40,44-49,62H,6-8,17-18,26,30-33H2,1-5H3,(H,58,69)/t44-,45+,46-,47-,48+,49+,57-/m1/s1. The number of hydrogen-bond acceptors (Lipinski definition) is 14. The van der Waals surface area contributed by atoms with Crippen LogP contribution in [0.15, 0.2) is 103 Å². The summed E-state index contributed by atoms with van der Waals surface area (Å²) in [4.78, 5) is 107. The molecule has 0 bridgehead atoms. The number of amides is 4. The van der Waals surface area contributed by atoms with Crippen LogP contribution in [0.3, 0.4) is 0 Å². The number of nitrogens with zero attached hydrogens (tertiary/aromatic N) is 3. The van der Waals surface area contributed by atoms with E-state index in [0.29, 0.717) is 42.6 Å². The molecule has 0 saturated carbocycles. The van der Waals surface area contributed by atoms with E-state index in [2.05, 4.69) is 17.2 Å². The van der Waals surface area contributed by atoms with E-state index in [0.717, 1.165) is 38.4 Å². The molecule has 0 unspecified atom stereocenters. The lowest BCUT2D eigenvalue weighted by Crippen LogP contribution is -2.58. The number of ether oxygens (including phenoxy) is 5. The zero-order valence-electron chi connectivity index (χ0n) is 42.2. The third-order valence-electron chi connectivity index (χ3n) is 14.6. The van der Waals surface area contributed by atoms with Crippen molar-refractivity contribution in [2.45, 2.75) is 88.1 Å². The Morgan fingerprint density at radius 1 is 0.770 bits per heavy atom. The SMILES string of the molecule is COC(=O)C(CC#Cc1ccc2c(c1)[C@]1(C(=O)N2C(=O)N[C@H](C(=O)OC)C(C)C)[C@H](c2ccccc2OCCO)N2[C@H](c3ccccc3)[C@H](c3ccccc3)OC(=O)[C@H]2[C@@H]1C(=O)N1CCCCCCC1)C(=O)OC. The Hall–Kier alpha value is -7.55. The first kappa shape index (κ1) is 52.8. The van der Waals surface area contributed by atoms with Crippen LogP contribution in [0.1, 0.15) is 98.4 Å². The fourth-order valence-corrected chi connectivity index (χ4v) is 11.2. The highest BCUT2D eigenvalue weighted by Crippen LogP contribution is 2.67. The first-order valence-corrected chi connectivity index (χ1v) is 25.0. The van der Waals surface area contributed by atoms with Gasteiger partial charge in [-0.1, -0.05) is 124 Å². The molecular weight excluding hydrogens is 949 g/mol. The van der Waals surface area contributed by atoms with Gasteiger partial charge in [0.2, 0.25) is 11.8 Å². The number of aliphatic hydroxyl groups excluding tert-OH is 1. The number of methoxy groups -OCH3 is 3. The van der Waals surface area contributed by atoms with Crippen molar-refractivity contribution in [2.75, 3.05) is 52.5 Å². The van der Waals surface area contributed by atoms with Crippen molar-refractivity contribution >= 4 is 47.4 Å². The summed E-state index contributed by atoms with van der Waals surface area (Å²) in [7, 11) is 3.48. The Morgan fingerprint density at radius 3 is 2.00 bits per heavy atom. The molecule has 1 spiro atoms. The Bertz CT molecular complexity index is 2790. The molecule has 388 valence electrons. The summed E-state index contributed by atoms with van der Waals surface area (Å²) in [5.74, 6) is -1.93. The molecule has 7 atom stereocenters. The number of imide groups is 1. The molecule has 4 heterocycles. The van der Waals surface area contributed by atoms with Gasteiger partial charge in [-0.15, -0.1) is 0 Å². The van der Waals surface area contributed by atoms with Crippen LogP contribution in [0.2, 0.25) is 0 Å². The van der Waals surface area contributed by atoms with Gasteiger partial charge in [0.05, 0.1) is 51.6 Å². The van der Waals surface area contributed by atoms with Crippen molar-refractivity contribution in [1.29, 1.82) is 0 Å². The molecule has 0 aromatic heterocycles. The number of benzene rings is 4. The summed E-state index contributed by atoms with van der Waals surface area (Å²) in [6, 6.07) is 24.3. The average Bonchev–Trinajstić information content (AvgIpc) is 3.87. The average molecular weight is 1010 g/mol. The number of cyclic esters (lactones) is 1. The predicted octanol–water partition coefficient (Wildman–Crippen LogP) is 6.13. The quantitative estimate of drug-likeness (QED) is 0.0670. The van der Waals surface area contributed by atoms with E-state index in [4.69, 9.17) is 23.7 Å². The number of morpholine rings is 1. The maximum absolute atomic E-state index is 16.9. The van der Waals surface area contributed by atoms with Crippen molar-refractivity contribution < 1.29 is 62.4 Å². The van der Waals surface area contributed by atoms with Crippen LogP contribution in [-0.4, -0.2) is 116 Å². The van der Waals surface area contributed by atoms with Crippen molar-refractivity contribution in [3.63, 3.8) is 0 Å². The van der Waals surface area contributed by atoms with E-state index in [1.54, 1.807) is 55.1 Å². The summed E-state index contributed by atoms with van der Waals surface area (Å²) in [6.07, 6.45) is 2.70. The van der Waals surface area contributed by atoms with E-state index in [-0.39, 0.29) is 42.2 Å². The van der Waals surface area contributed by atoms with Gasteiger partial charge in [0.1, 0.15) is 36.0 Å². The van der Waals surface area contributed by atoms with Gasteiger partial charge in [0, 0.05) is 30.6 Å². The van der Waals surface area contributed by atoms with E-state index in [9.17, 15) is 19.5 Å². The molecule has 17 nitrogen and oxygen atoms in total. The maximum Gasteiger partial charge on any atom is 0.329 e. The third kappa shape index (κ3) is 9.83. The van der Waals surface area contributed by atoms with Gasteiger partial charge in [0.25, 0.3) is 0 Å². The number of carbonyl (C=O) groups excluding carboxylic acids is 7. The molecule has 4 aliphatic heterocycles. The van der Waals surface area contributed by atoms with Gasteiger partial charge in [-0.05, 0) is 59.7 Å². The smallest absolute Gasteiger partial charge is 0.329 e. The molecule has 0 radical (unpaired) electrons. The number of nitrogens with one attached hydrogen (secondary N) is 1. The largest absolute Gasteiger partial charge is 0.491 e. The minimum Gasteiger partial charge on any atom is -0.491 e. The number of likely N-dealkylation sites (tertiary alicyclic amines) is 1. The van der Waals surface area contributed by atoms with Gasteiger partial charge in [-0.25, -0.2) is 14.5 Å². The molecular formula is C57H62N4O13. The topological polar surface area (TPSA) is 208 Å². The lowest BCUT2D eigenvalue weighted by molar-refractivity contribution is -0.179. The molecule has 4 amide bonds. The first-order valence-electron chi connectivity index (χ1n) is 25.0. The molecule has 2 N–H and O–H groups in total. The molecule has 4 aromatic carbocycles. The summed E-state index contributed by atoms with van der Waals surface area (Å²) in [5, 5.41) is 12.9. The van der Waals surface area contributed by atoms with Crippen molar-refractivity contribution in [3.8, 4) is 17.6 Å². The molecule has 17 heteroatoms. The molecule has 0 aliphatic carbocycles. The van der Waals surface area contributed by atoms with E-state index < -0.39 is 95.2 Å². The molecule has 8 rings (SSSR count). The number of esters is 4. The number of carbonyl (C=O) groups is 7. The zero-order valence-corrected chi connectivity index (χ0v) is 42.2. The van der Waals surface area contributed by atoms with Crippen molar-refractivity contribution in [1.82, 2.24) is 15.1 Å². The Kier molecular flexibility index (Phi) is 16.5. The minimum atomic E-state index is -2.20. The lowest BCUT2D eigenvalue weighted by atomic mass is 9.64. The molecule has 4 aromatic rings. The highest BCUT2D eigenvalue weighted by molar-refractivity contribution is 6.25. The number of para-hydroxylation sites is 1. The van der Waals surface area contributed by atoms with Crippen LogP contribution in [0.5, 0.6) is 5.75 Å². The second-order valence-corrected chi connectivity index (χ2v) is 19.1. The normalized spacial score (nSPS) is 22.8. The van der Waals surface area contributed by atoms with Gasteiger partial charge >= 0.3 is 29.9 Å². The zero-order chi connectivity index (χ0) is 52.7. The predicted molar refractivity (Wildman–Crippen MR) is 269 cm³/mol. The van der Waals surface area contributed by atoms with Crippen molar-refractivity contribution in [3.05, 3.63) is 131 Å². The number of urea groups is 1. The molecule has 3 saturated heterocycles. The monoisotopic (exact) mass is 1010 g/mol. The van der Waals surface area contributed by atoms with Gasteiger partial charge in [-0.3, -0.25) is 28.9 Å². The fourth-order valence-electron chi connectivity index (χ4n) is 11.2. The van der Waals surface area contributed by atoms with Crippen LogP contribution in [-0.2, 0) is 53.1 Å². The summed E-state index contributed by atoms with van der Waals surface area (Å²) in [5.41, 5.74) is -0.0559. The fraction of sp³-hybridized carbons (Fsp3) is 0.421. The van der Waals surface area contributed by atoms with Gasteiger partial charge < -0.3 is 39.0 Å². The van der Waals surface area contributed by atoms with Crippen LogP contribution < -0.4 is 15.0 Å². The molecule has 4 aliphatic rings. The number of fused-ring (bicyclic) bond motifs is 3. The number of anilines is 1. The maximum atomic E-state index is 16.9. The van der Waals surface area contributed by atoms with Crippen LogP contribution in [0.4, 0.5) is 10.5 Å². The summed E-state index contributed by atoms with van der Waals surface area (Å²) < 4.78 is 27.8. The van der Waals surface area contributed by atoms with E-state index in [1.165, 1.54) is 13.2 Å². The molecule has 3 fully saturated rings. The van der Waals surface area contributed by atoms with E-state index in [1.807, 2.05) is 65.6 Å². The third-order valence-corrected chi connectivity index (χ3v) is 14.6. The highest BCUT2D eigenvalue weighted by Gasteiger charge is 2.76. The highest BCUT2D eigenvalue weighted by atomic mass is 16.6. The van der Waals surface area contributed by atoms with Gasteiger partial charge in [0.15, 0.2) is 5.92 Å². The van der Waals surface area contributed by atoms with Crippen molar-refractivity contribution in [2.24, 2.45) is 17.8 Å². The Balaban J connectivity index is 1.48. The van der Waals surface area contributed by atoms with Crippen LogP contribution >= 0.6 is 0 Å². The van der Waals surface area contributed by atoms with Crippen LogP contribution in [0, 0.1) is 29.6 Å². The second kappa shape index (κ2) is 23.1. The number of aliphatic hydroxyl groups is 1. The molecule has 74 heavy (non-hydrogen) atoms. The second-order valence-electron chi connectivity index (χ2n) is 19.1. The van der Waals surface area contributed by atoms with Crippen LogP contribution in [0.25, 0.3) is 0 Å². The lowest BCUT2D eigenvalue weighted by Gasteiger charge is -2.46. The summed E-state index contributed by atoms with van der Waals surface area (Å²) >= 11 is 0. The Morgan fingerprint density at radius 2 is 1.38 bits per heavy atom. The van der Waals surface area contributed by atoms with E-state index >= 15 is 19.2 Å². The minimum absolute atomic E-state index is 0.0423. The van der Waals surface area contributed by atoms with Gasteiger partial charge in [-0.2, -0.15) is 0 Å². The summed E-state index contributed by atoms with van der Waals surface area (Å²) in [6.45, 7) is 3.55.